The number of aliphatic carboxylic acids is 1. The van der Waals surface area contributed by atoms with E-state index in [4.69, 9.17) is 9.84 Å². The van der Waals surface area contributed by atoms with Crippen molar-refractivity contribution in [2.24, 2.45) is 11.8 Å². The highest BCUT2D eigenvalue weighted by atomic mass is 16.5. The van der Waals surface area contributed by atoms with E-state index in [9.17, 15) is 9.59 Å². The third kappa shape index (κ3) is 2.66. The number of carboxylic acids is 1. The summed E-state index contributed by atoms with van der Waals surface area (Å²) in [7, 11) is 0. The lowest BCUT2D eigenvalue weighted by molar-refractivity contribution is -0.148. The summed E-state index contributed by atoms with van der Waals surface area (Å²) < 4.78 is 5.61. The number of hydrogen-bond donors (Lipinski definition) is 2. The van der Waals surface area contributed by atoms with E-state index in [1.54, 1.807) is 6.92 Å². The maximum atomic E-state index is 12.2. The fourth-order valence-corrected chi connectivity index (χ4v) is 2.37. The molecule has 1 heterocycles. The van der Waals surface area contributed by atoms with Gasteiger partial charge in [0.15, 0.2) is 0 Å². The Labute approximate surface area is 108 Å². The second-order valence-corrected chi connectivity index (χ2v) is 5.41. The molecule has 0 aliphatic carbocycles. The summed E-state index contributed by atoms with van der Waals surface area (Å²) in [5.74, 6) is -1.43. The molecule has 0 aromatic rings. The van der Waals surface area contributed by atoms with Crippen molar-refractivity contribution in [3.05, 3.63) is 0 Å². The van der Waals surface area contributed by atoms with Crippen LogP contribution in [0.2, 0.25) is 0 Å². The highest BCUT2D eigenvalue weighted by Gasteiger charge is 2.44. The zero-order valence-corrected chi connectivity index (χ0v) is 11.7. The lowest BCUT2D eigenvalue weighted by atomic mass is 9.87. The van der Waals surface area contributed by atoms with Crippen molar-refractivity contribution in [2.45, 2.75) is 58.8 Å². The zero-order chi connectivity index (χ0) is 14.1. The summed E-state index contributed by atoms with van der Waals surface area (Å²) in [6, 6.07) is 0. The molecule has 0 spiro atoms. The quantitative estimate of drug-likeness (QED) is 0.798. The van der Waals surface area contributed by atoms with Crippen molar-refractivity contribution in [1.82, 2.24) is 5.32 Å². The molecule has 1 rings (SSSR count). The lowest BCUT2D eigenvalue weighted by Crippen LogP contribution is -2.54. The van der Waals surface area contributed by atoms with Gasteiger partial charge in [-0.05, 0) is 33.1 Å². The van der Waals surface area contributed by atoms with Crippen LogP contribution in [0.1, 0.15) is 41.0 Å². The van der Waals surface area contributed by atoms with Crippen molar-refractivity contribution < 1.29 is 19.4 Å². The topological polar surface area (TPSA) is 75.6 Å². The fourth-order valence-electron chi connectivity index (χ4n) is 2.37. The Morgan fingerprint density at radius 2 is 1.83 bits per heavy atom. The van der Waals surface area contributed by atoms with E-state index in [0.29, 0.717) is 6.42 Å². The van der Waals surface area contributed by atoms with E-state index in [2.05, 4.69) is 5.32 Å². The molecule has 0 aromatic heterocycles. The summed E-state index contributed by atoms with van der Waals surface area (Å²) in [6.45, 7) is 9.03. The number of amides is 1. The first-order chi connectivity index (χ1) is 8.23. The van der Waals surface area contributed by atoms with Crippen molar-refractivity contribution in [1.29, 1.82) is 0 Å². The Balaban J connectivity index is 2.80. The molecule has 5 nitrogen and oxygen atoms in total. The largest absolute Gasteiger partial charge is 0.480 e. The third-order valence-corrected chi connectivity index (χ3v) is 4.12. The van der Waals surface area contributed by atoms with Gasteiger partial charge in [-0.2, -0.15) is 0 Å². The molecule has 0 radical (unpaired) electrons. The molecule has 1 aliphatic heterocycles. The first-order valence-electron chi connectivity index (χ1n) is 6.43. The van der Waals surface area contributed by atoms with Crippen LogP contribution >= 0.6 is 0 Å². The number of ether oxygens (including phenoxy) is 1. The first-order valence-corrected chi connectivity index (χ1v) is 6.43. The molecule has 1 saturated heterocycles. The van der Waals surface area contributed by atoms with Gasteiger partial charge in [-0.25, -0.2) is 4.79 Å². The van der Waals surface area contributed by atoms with E-state index < -0.39 is 11.5 Å². The van der Waals surface area contributed by atoms with Gasteiger partial charge >= 0.3 is 5.97 Å². The molecular formula is C13H23NO4. The number of carbonyl (C=O) groups is 2. The molecular weight excluding hydrogens is 234 g/mol. The van der Waals surface area contributed by atoms with Gasteiger partial charge in [0.1, 0.15) is 5.54 Å². The maximum absolute atomic E-state index is 12.2. The molecule has 1 amide bonds. The first kappa shape index (κ1) is 15.0. The van der Waals surface area contributed by atoms with Gasteiger partial charge in [-0.15, -0.1) is 0 Å². The fraction of sp³-hybridized carbons (Fsp3) is 0.846. The molecule has 2 N–H and O–H groups in total. The maximum Gasteiger partial charge on any atom is 0.329 e. The van der Waals surface area contributed by atoms with Crippen molar-refractivity contribution in [2.75, 3.05) is 0 Å². The van der Waals surface area contributed by atoms with E-state index in [-0.39, 0.29) is 30.0 Å². The van der Waals surface area contributed by atoms with Gasteiger partial charge < -0.3 is 15.2 Å². The van der Waals surface area contributed by atoms with E-state index in [1.807, 2.05) is 20.8 Å². The third-order valence-electron chi connectivity index (χ3n) is 4.12. The molecule has 18 heavy (non-hydrogen) atoms. The normalized spacial score (nSPS) is 34.9. The molecule has 5 heteroatoms. The summed E-state index contributed by atoms with van der Waals surface area (Å²) in [5.41, 5.74) is -1.21. The van der Waals surface area contributed by atoms with Gasteiger partial charge in [0, 0.05) is 0 Å². The van der Waals surface area contributed by atoms with Crippen LogP contribution < -0.4 is 5.32 Å². The van der Waals surface area contributed by atoms with E-state index in [1.165, 1.54) is 6.92 Å². The summed E-state index contributed by atoms with van der Waals surface area (Å²) >= 11 is 0. The number of hydrogen-bond acceptors (Lipinski definition) is 3. The Bertz CT molecular complexity index is 344. The predicted molar refractivity (Wildman–Crippen MR) is 67.1 cm³/mol. The Morgan fingerprint density at radius 3 is 2.17 bits per heavy atom. The van der Waals surface area contributed by atoms with Crippen LogP contribution in [0.15, 0.2) is 0 Å². The molecule has 1 aliphatic rings. The van der Waals surface area contributed by atoms with Crippen LogP contribution in [0.25, 0.3) is 0 Å². The van der Waals surface area contributed by atoms with E-state index in [0.717, 1.165) is 0 Å². The van der Waals surface area contributed by atoms with Crippen LogP contribution in [0, 0.1) is 11.8 Å². The Hall–Kier alpha value is -1.10. The van der Waals surface area contributed by atoms with Crippen LogP contribution in [0.3, 0.4) is 0 Å². The minimum Gasteiger partial charge on any atom is -0.480 e. The van der Waals surface area contributed by atoms with Crippen molar-refractivity contribution in [3.63, 3.8) is 0 Å². The minimum absolute atomic E-state index is 0.0217. The molecule has 5 unspecified atom stereocenters. The molecule has 1 fully saturated rings. The van der Waals surface area contributed by atoms with Crippen molar-refractivity contribution in [3.8, 4) is 0 Å². The lowest BCUT2D eigenvalue weighted by Gasteiger charge is -2.28. The highest BCUT2D eigenvalue weighted by Crippen LogP contribution is 2.32. The van der Waals surface area contributed by atoms with Crippen LogP contribution in [0.4, 0.5) is 0 Å². The second-order valence-electron chi connectivity index (χ2n) is 5.41. The Kier molecular flexibility index (Phi) is 4.37. The van der Waals surface area contributed by atoms with Crippen molar-refractivity contribution >= 4 is 11.9 Å². The number of nitrogens with one attached hydrogen (secondary N) is 1. The summed E-state index contributed by atoms with van der Waals surface area (Å²) in [4.78, 5) is 23.4. The second kappa shape index (κ2) is 5.26. The van der Waals surface area contributed by atoms with Gasteiger partial charge in [0.05, 0.1) is 18.1 Å². The number of carboxylic acid groups (broad SMARTS) is 1. The average Bonchev–Trinajstić information content (AvgIpc) is 2.52. The van der Waals surface area contributed by atoms with Crippen LogP contribution in [-0.2, 0) is 14.3 Å². The zero-order valence-electron chi connectivity index (χ0n) is 11.7. The molecule has 0 saturated carbocycles. The average molecular weight is 257 g/mol. The number of rotatable bonds is 4. The molecule has 0 bridgehead atoms. The van der Waals surface area contributed by atoms with Gasteiger partial charge in [-0.1, -0.05) is 13.8 Å². The van der Waals surface area contributed by atoms with E-state index >= 15 is 0 Å². The summed E-state index contributed by atoms with van der Waals surface area (Å²) in [5, 5.41) is 11.8. The smallest absolute Gasteiger partial charge is 0.329 e. The molecule has 5 atom stereocenters. The minimum atomic E-state index is -1.21. The monoisotopic (exact) mass is 257 g/mol. The van der Waals surface area contributed by atoms with Crippen LogP contribution in [0.5, 0.6) is 0 Å². The molecule has 104 valence electrons. The van der Waals surface area contributed by atoms with Gasteiger partial charge in [-0.3, -0.25) is 4.79 Å². The SMILES string of the molecule is CCC(C)(NC(=O)C1C(C)OC(C)C1C)C(=O)O. The van der Waals surface area contributed by atoms with Crippen LogP contribution in [-0.4, -0.2) is 34.7 Å². The summed E-state index contributed by atoms with van der Waals surface area (Å²) in [6.07, 6.45) is 0.193. The molecule has 0 aromatic carbocycles. The van der Waals surface area contributed by atoms with Gasteiger partial charge in [0.2, 0.25) is 5.91 Å². The Morgan fingerprint density at radius 1 is 1.28 bits per heavy atom. The standard InChI is InChI=1S/C13H23NO4/c1-6-13(5,12(16)17)14-11(15)10-7(2)8(3)18-9(10)4/h7-10H,6H2,1-5H3,(H,14,15)(H,16,17). The number of carbonyl (C=O) groups excluding carboxylic acids is 1. The predicted octanol–water partition coefficient (Wildman–Crippen LogP) is 1.42. The van der Waals surface area contributed by atoms with Gasteiger partial charge in [0.25, 0.3) is 0 Å². The highest BCUT2D eigenvalue weighted by molar-refractivity contribution is 5.88.